The summed E-state index contributed by atoms with van der Waals surface area (Å²) in [5.74, 6) is -2.54. The maximum absolute atomic E-state index is 11.4. The summed E-state index contributed by atoms with van der Waals surface area (Å²) in [5.41, 5.74) is 5.55. The quantitative estimate of drug-likeness (QED) is 0.357. The third kappa shape index (κ3) is 6.12. The molecule has 11 nitrogen and oxygen atoms in total. The van der Waals surface area contributed by atoms with Crippen LogP contribution in [-0.2, 0) is 24.7 Å². The second kappa shape index (κ2) is 6.76. The summed E-state index contributed by atoms with van der Waals surface area (Å²) in [4.78, 5) is 36.8. The molecule has 0 aliphatic heterocycles. The van der Waals surface area contributed by atoms with E-state index in [1.807, 2.05) is 0 Å². The molecule has 0 saturated heterocycles. The summed E-state index contributed by atoms with van der Waals surface area (Å²) >= 11 is 0. The van der Waals surface area contributed by atoms with Crippen molar-refractivity contribution in [2.24, 2.45) is 5.73 Å². The molecule has 0 aliphatic rings. The Morgan fingerprint density at radius 3 is 2.36 bits per heavy atom. The van der Waals surface area contributed by atoms with Gasteiger partial charge >= 0.3 is 21.6 Å². The van der Waals surface area contributed by atoms with Crippen LogP contribution in [0.5, 0.6) is 11.5 Å². The lowest BCUT2D eigenvalue weighted by Crippen LogP contribution is -2.32. The number of hydrogen-bond donors (Lipinski definition) is 6. The number of hydrogen-bond acceptors (Lipinski definition) is 7. The molecular weight excluding hydrogens is 344 g/mol. The third-order valence-electron chi connectivity index (χ3n) is 2.22. The van der Waals surface area contributed by atoms with Gasteiger partial charge in [-0.3, -0.25) is 9.69 Å². The van der Waals surface area contributed by atoms with Crippen molar-refractivity contribution >= 4 is 21.6 Å². The minimum absolute atomic E-state index is 0.180. The highest BCUT2D eigenvalue weighted by atomic mass is 31.3. The van der Waals surface area contributed by atoms with Gasteiger partial charge in [-0.1, -0.05) is 6.07 Å². The molecule has 1 rings (SSSR count). The van der Waals surface area contributed by atoms with Crippen molar-refractivity contribution in [3.63, 3.8) is 0 Å². The Hall–Kier alpha value is -1.45. The molecule has 1 unspecified atom stereocenters. The number of carboxylic acid groups (broad SMARTS) is 1. The lowest BCUT2D eigenvalue weighted by molar-refractivity contribution is -0.138. The van der Waals surface area contributed by atoms with Gasteiger partial charge in [0.15, 0.2) is 11.5 Å². The fraction of sp³-hybridized carbons (Fsp3) is 0.222. The first kappa shape index (κ1) is 18.6. The Morgan fingerprint density at radius 2 is 1.86 bits per heavy atom. The molecule has 0 bridgehead atoms. The first-order valence-electron chi connectivity index (χ1n) is 5.49. The third-order valence-corrected chi connectivity index (χ3v) is 4.32. The molecule has 0 heterocycles. The number of phosphoric ester groups is 1. The van der Waals surface area contributed by atoms with E-state index in [9.17, 15) is 23.9 Å². The molecule has 0 amide bonds. The zero-order valence-electron chi connectivity index (χ0n) is 10.8. The fourth-order valence-electron chi connectivity index (χ4n) is 1.38. The van der Waals surface area contributed by atoms with E-state index in [1.165, 1.54) is 6.07 Å². The van der Waals surface area contributed by atoms with Gasteiger partial charge in [0.05, 0.1) is 0 Å². The monoisotopic (exact) mass is 357 g/mol. The van der Waals surface area contributed by atoms with Gasteiger partial charge in [-0.25, -0.2) is 9.13 Å². The molecule has 13 heteroatoms. The zero-order chi connectivity index (χ0) is 17.1. The molecule has 0 fully saturated rings. The van der Waals surface area contributed by atoms with E-state index in [4.69, 9.17) is 20.6 Å². The largest absolute Gasteiger partial charge is 0.536 e. The van der Waals surface area contributed by atoms with Gasteiger partial charge in [0.25, 0.3) is 0 Å². The van der Waals surface area contributed by atoms with Gasteiger partial charge in [-0.05, 0) is 24.1 Å². The van der Waals surface area contributed by atoms with E-state index in [-0.39, 0.29) is 12.0 Å². The van der Waals surface area contributed by atoms with Crippen LogP contribution in [0.1, 0.15) is 5.56 Å². The predicted molar refractivity (Wildman–Crippen MR) is 71.0 cm³/mol. The first-order chi connectivity index (χ1) is 9.89. The second-order valence-electron chi connectivity index (χ2n) is 4.08. The van der Waals surface area contributed by atoms with Crippen molar-refractivity contribution in [3.8, 4) is 11.5 Å². The number of aliphatic carboxylic acids is 1. The maximum Gasteiger partial charge on any atom is 0.536 e. The predicted octanol–water partition coefficient (Wildman–Crippen LogP) is -0.0649. The van der Waals surface area contributed by atoms with Crippen LogP contribution in [0.4, 0.5) is 0 Å². The average molecular weight is 357 g/mol. The number of aromatic hydroxyl groups is 1. The maximum atomic E-state index is 11.4. The van der Waals surface area contributed by atoms with Gasteiger partial charge in [0.2, 0.25) is 0 Å². The molecule has 0 saturated carbocycles. The van der Waals surface area contributed by atoms with Crippen LogP contribution in [0.25, 0.3) is 0 Å². The Bertz CT molecular complexity index is 656. The van der Waals surface area contributed by atoms with E-state index in [1.54, 1.807) is 0 Å². The summed E-state index contributed by atoms with van der Waals surface area (Å²) in [7, 11) is -10.5. The van der Waals surface area contributed by atoms with Gasteiger partial charge in [-0.2, -0.15) is 4.31 Å². The first-order valence-corrected chi connectivity index (χ1v) is 8.52. The Balaban J connectivity index is 2.98. The van der Waals surface area contributed by atoms with E-state index in [2.05, 4.69) is 8.83 Å². The van der Waals surface area contributed by atoms with Gasteiger partial charge in [0.1, 0.15) is 6.04 Å². The number of phosphoric acid groups is 2. The minimum Gasteiger partial charge on any atom is -0.504 e. The average Bonchev–Trinajstić information content (AvgIpc) is 2.29. The van der Waals surface area contributed by atoms with Crippen LogP contribution in [0, 0.1) is 0 Å². The molecule has 0 radical (unpaired) electrons. The summed E-state index contributed by atoms with van der Waals surface area (Å²) in [5, 5.41) is 18.2. The molecule has 0 aliphatic carbocycles. The number of carbonyl (C=O) groups is 1. The van der Waals surface area contributed by atoms with Crippen LogP contribution in [0.3, 0.4) is 0 Å². The molecule has 2 atom stereocenters. The number of carboxylic acids is 1. The van der Waals surface area contributed by atoms with E-state index in [0.717, 1.165) is 12.1 Å². The second-order valence-corrected chi connectivity index (χ2v) is 6.84. The summed E-state index contributed by atoms with van der Waals surface area (Å²) in [6, 6.07) is 2.04. The Morgan fingerprint density at radius 1 is 1.27 bits per heavy atom. The van der Waals surface area contributed by atoms with Crippen LogP contribution < -0.4 is 10.3 Å². The Kier molecular flexibility index (Phi) is 5.71. The van der Waals surface area contributed by atoms with Crippen molar-refractivity contribution in [2.75, 3.05) is 0 Å². The highest BCUT2D eigenvalue weighted by molar-refractivity contribution is 7.60. The molecule has 0 aromatic heterocycles. The van der Waals surface area contributed by atoms with Gasteiger partial charge in [-0.15, -0.1) is 0 Å². The highest BCUT2D eigenvalue weighted by Gasteiger charge is 2.34. The fourth-order valence-corrected chi connectivity index (χ4v) is 2.98. The highest BCUT2D eigenvalue weighted by Crippen LogP contribution is 2.58. The number of phenolic OH excluding ortho intramolecular Hbond substituents is 1. The standard InChI is InChI=1S/C9H13NO10P2/c10-6(9(12)13)3-5-1-2-7(11)8(4-5)19-22(17,18)20-21(14,15)16/h1-2,4,6,11H,3,10H2,(H,12,13)(H,17,18)(H2,14,15,16)/t6-/m0/s1. The molecule has 1 aromatic rings. The Labute approximate surface area is 123 Å². The van der Waals surface area contributed by atoms with Crippen molar-refractivity contribution in [2.45, 2.75) is 12.5 Å². The lowest BCUT2D eigenvalue weighted by Gasteiger charge is -2.15. The molecular formula is C9H13NO10P2. The molecule has 22 heavy (non-hydrogen) atoms. The topological polar surface area (TPSA) is 197 Å². The van der Waals surface area contributed by atoms with Crippen LogP contribution >= 0.6 is 15.6 Å². The van der Waals surface area contributed by atoms with Crippen molar-refractivity contribution in [1.29, 1.82) is 0 Å². The van der Waals surface area contributed by atoms with Crippen molar-refractivity contribution < 1.29 is 47.7 Å². The van der Waals surface area contributed by atoms with Crippen molar-refractivity contribution in [1.82, 2.24) is 0 Å². The molecule has 0 spiro atoms. The number of rotatable bonds is 7. The van der Waals surface area contributed by atoms with Crippen LogP contribution in [-0.4, -0.2) is 36.9 Å². The van der Waals surface area contributed by atoms with Gasteiger partial charge in [0, 0.05) is 0 Å². The molecule has 7 N–H and O–H groups in total. The van der Waals surface area contributed by atoms with Gasteiger partial charge < -0.3 is 30.3 Å². The lowest BCUT2D eigenvalue weighted by atomic mass is 10.1. The van der Waals surface area contributed by atoms with E-state index in [0.29, 0.717) is 0 Å². The number of phenols is 1. The van der Waals surface area contributed by atoms with Crippen molar-refractivity contribution in [3.05, 3.63) is 23.8 Å². The molecule has 124 valence electrons. The SMILES string of the molecule is N[C@@H](Cc1ccc(O)c(OP(=O)(O)OP(=O)(O)O)c1)C(=O)O. The zero-order valence-corrected chi connectivity index (χ0v) is 12.6. The number of benzene rings is 1. The van der Waals surface area contributed by atoms with Crippen LogP contribution in [0.2, 0.25) is 0 Å². The molecule has 1 aromatic carbocycles. The minimum atomic E-state index is -5.30. The van der Waals surface area contributed by atoms with Crippen LogP contribution in [0.15, 0.2) is 18.2 Å². The summed E-state index contributed by atoms with van der Waals surface area (Å²) < 4.78 is 29.8. The van der Waals surface area contributed by atoms with E-state index >= 15 is 0 Å². The smallest absolute Gasteiger partial charge is 0.504 e. The van der Waals surface area contributed by atoms with E-state index < -0.39 is 39.2 Å². The summed E-state index contributed by atoms with van der Waals surface area (Å²) in [6.07, 6.45) is -0.180. The summed E-state index contributed by atoms with van der Waals surface area (Å²) in [6.45, 7) is 0. The normalized spacial score (nSPS) is 15.8. The number of nitrogens with two attached hydrogens (primary N) is 1.